The maximum absolute atomic E-state index is 12.1. The van der Waals surface area contributed by atoms with E-state index in [4.69, 9.17) is 0 Å². The second-order valence-corrected chi connectivity index (χ2v) is 5.67. The molecule has 2 aromatic rings. The average Bonchev–Trinajstić information content (AvgIpc) is 2.38. The van der Waals surface area contributed by atoms with E-state index in [-0.39, 0.29) is 5.91 Å². The molecule has 0 unspecified atom stereocenters. The summed E-state index contributed by atoms with van der Waals surface area (Å²) in [4.78, 5) is 14.1. The summed E-state index contributed by atoms with van der Waals surface area (Å²) in [6, 6.07) is 14.0. The SMILES string of the molecule is CC(C)CN(C)CC(=O)Nc1cccc2ccccc12. The molecule has 1 N–H and O–H groups in total. The van der Waals surface area contributed by atoms with Crippen molar-refractivity contribution in [2.45, 2.75) is 13.8 Å². The summed E-state index contributed by atoms with van der Waals surface area (Å²) in [7, 11) is 1.97. The third-order valence-corrected chi connectivity index (χ3v) is 3.15. The van der Waals surface area contributed by atoms with Gasteiger partial charge >= 0.3 is 0 Å². The first kappa shape index (κ1) is 14.5. The van der Waals surface area contributed by atoms with Crippen molar-refractivity contribution in [1.29, 1.82) is 0 Å². The summed E-state index contributed by atoms with van der Waals surface area (Å²) in [6.07, 6.45) is 0. The molecule has 0 aliphatic carbocycles. The maximum atomic E-state index is 12.1. The van der Waals surface area contributed by atoms with Gasteiger partial charge in [-0.05, 0) is 24.4 Å². The molecule has 0 radical (unpaired) electrons. The molecule has 0 fully saturated rings. The summed E-state index contributed by atoms with van der Waals surface area (Å²) < 4.78 is 0. The molecule has 0 aliphatic rings. The molecule has 0 heterocycles. The van der Waals surface area contributed by atoms with E-state index in [1.54, 1.807) is 0 Å². The van der Waals surface area contributed by atoms with E-state index >= 15 is 0 Å². The minimum Gasteiger partial charge on any atom is -0.324 e. The summed E-state index contributed by atoms with van der Waals surface area (Å²) >= 11 is 0. The van der Waals surface area contributed by atoms with Crippen LogP contribution in [0, 0.1) is 5.92 Å². The molecule has 20 heavy (non-hydrogen) atoms. The number of rotatable bonds is 5. The average molecular weight is 270 g/mol. The van der Waals surface area contributed by atoms with Crippen LogP contribution < -0.4 is 5.32 Å². The molecule has 0 aliphatic heterocycles. The third kappa shape index (κ3) is 3.81. The van der Waals surface area contributed by atoms with E-state index in [2.05, 4.69) is 31.3 Å². The molecule has 0 spiro atoms. The van der Waals surface area contributed by atoms with Crippen LogP contribution in [0.3, 0.4) is 0 Å². The lowest BCUT2D eigenvalue weighted by molar-refractivity contribution is -0.117. The number of likely N-dealkylation sites (N-methyl/N-ethyl adjacent to an activating group) is 1. The Balaban J connectivity index is 2.06. The second kappa shape index (κ2) is 6.53. The van der Waals surface area contributed by atoms with Gasteiger partial charge < -0.3 is 5.32 Å². The fraction of sp³-hybridized carbons (Fsp3) is 0.353. The Hall–Kier alpha value is -1.87. The number of nitrogens with one attached hydrogen (secondary N) is 1. The first-order valence-electron chi connectivity index (χ1n) is 7.02. The molecular formula is C17H22N2O. The topological polar surface area (TPSA) is 32.3 Å². The zero-order valence-electron chi connectivity index (χ0n) is 12.4. The second-order valence-electron chi connectivity index (χ2n) is 5.67. The predicted octanol–water partition coefficient (Wildman–Crippen LogP) is 3.37. The van der Waals surface area contributed by atoms with Gasteiger partial charge in [-0.2, -0.15) is 0 Å². The van der Waals surface area contributed by atoms with Gasteiger partial charge in [-0.3, -0.25) is 9.69 Å². The van der Waals surface area contributed by atoms with Gasteiger partial charge in [0.25, 0.3) is 0 Å². The van der Waals surface area contributed by atoms with Crippen LogP contribution in [0.4, 0.5) is 5.69 Å². The predicted molar refractivity (Wildman–Crippen MR) is 84.9 cm³/mol. The zero-order chi connectivity index (χ0) is 14.5. The van der Waals surface area contributed by atoms with Crippen LogP contribution in [-0.4, -0.2) is 30.9 Å². The van der Waals surface area contributed by atoms with Gasteiger partial charge in [0.05, 0.1) is 6.54 Å². The van der Waals surface area contributed by atoms with Crippen molar-refractivity contribution in [3.63, 3.8) is 0 Å². The highest BCUT2D eigenvalue weighted by Gasteiger charge is 2.09. The maximum Gasteiger partial charge on any atom is 0.238 e. The molecule has 1 amide bonds. The highest BCUT2D eigenvalue weighted by Crippen LogP contribution is 2.22. The van der Waals surface area contributed by atoms with Crippen LogP contribution in [0.15, 0.2) is 42.5 Å². The first-order valence-corrected chi connectivity index (χ1v) is 7.02. The molecule has 3 heteroatoms. The van der Waals surface area contributed by atoms with Crippen molar-refractivity contribution >= 4 is 22.4 Å². The van der Waals surface area contributed by atoms with Gasteiger partial charge in [-0.25, -0.2) is 0 Å². The monoisotopic (exact) mass is 270 g/mol. The number of amides is 1. The number of fused-ring (bicyclic) bond motifs is 1. The lowest BCUT2D eigenvalue weighted by atomic mass is 10.1. The summed E-state index contributed by atoms with van der Waals surface area (Å²) in [6.45, 7) is 5.64. The molecule has 2 rings (SSSR count). The number of benzene rings is 2. The summed E-state index contributed by atoms with van der Waals surface area (Å²) in [5, 5.41) is 5.23. The highest BCUT2D eigenvalue weighted by molar-refractivity contribution is 6.02. The Bertz CT molecular complexity index is 587. The van der Waals surface area contributed by atoms with Gasteiger partial charge in [0.1, 0.15) is 0 Å². The van der Waals surface area contributed by atoms with Gasteiger partial charge in [-0.15, -0.1) is 0 Å². The van der Waals surface area contributed by atoms with Gasteiger partial charge in [0.15, 0.2) is 0 Å². The molecule has 0 saturated heterocycles. The van der Waals surface area contributed by atoms with E-state index in [9.17, 15) is 4.79 Å². The van der Waals surface area contributed by atoms with Crippen LogP contribution in [0.5, 0.6) is 0 Å². The quantitative estimate of drug-likeness (QED) is 0.903. The third-order valence-electron chi connectivity index (χ3n) is 3.15. The lowest BCUT2D eigenvalue weighted by Gasteiger charge is -2.18. The Morgan fingerprint density at radius 2 is 1.85 bits per heavy atom. The molecule has 0 atom stereocenters. The van der Waals surface area contributed by atoms with Gasteiger partial charge in [-0.1, -0.05) is 50.2 Å². The first-order chi connectivity index (χ1) is 9.56. The van der Waals surface area contributed by atoms with Gasteiger partial charge in [0, 0.05) is 17.6 Å². The number of carbonyl (C=O) groups excluding carboxylic acids is 1. The van der Waals surface area contributed by atoms with Crippen molar-refractivity contribution in [2.75, 3.05) is 25.5 Å². The lowest BCUT2D eigenvalue weighted by Crippen LogP contribution is -2.32. The van der Waals surface area contributed by atoms with Crippen molar-refractivity contribution in [3.8, 4) is 0 Å². The van der Waals surface area contributed by atoms with E-state index in [1.165, 1.54) is 0 Å². The van der Waals surface area contributed by atoms with Crippen LogP contribution in [0.2, 0.25) is 0 Å². The van der Waals surface area contributed by atoms with Crippen molar-refractivity contribution < 1.29 is 4.79 Å². The van der Waals surface area contributed by atoms with Crippen LogP contribution in [0.1, 0.15) is 13.8 Å². The zero-order valence-corrected chi connectivity index (χ0v) is 12.4. The standard InChI is InChI=1S/C17H22N2O/c1-13(2)11-19(3)12-17(20)18-16-10-6-8-14-7-4-5-9-15(14)16/h4-10,13H,11-12H2,1-3H3,(H,18,20). The van der Waals surface area contributed by atoms with Crippen LogP contribution in [0.25, 0.3) is 10.8 Å². The number of hydrogen-bond acceptors (Lipinski definition) is 2. The number of nitrogens with zero attached hydrogens (tertiary/aromatic N) is 1. The minimum atomic E-state index is 0.0319. The largest absolute Gasteiger partial charge is 0.324 e. The Kier molecular flexibility index (Phi) is 4.74. The Morgan fingerprint density at radius 1 is 1.15 bits per heavy atom. The number of carbonyl (C=O) groups is 1. The Labute approximate surface area is 120 Å². The smallest absolute Gasteiger partial charge is 0.238 e. The van der Waals surface area contributed by atoms with E-state index < -0.39 is 0 Å². The summed E-state index contributed by atoms with van der Waals surface area (Å²) in [5.74, 6) is 0.592. The van der Waals surface area contributed by atoms with E-state index in [0.29, 0.717) is 12.5 Å². The van der Waals surface area contributed by atoms with Crippen LogP contribution in [-0.2, 0) is 4.79 Å². The fourth-order valence-corrected chi connectivity index (χ4v) is 2.46. The molecule has 3 nitrogen and oxygen atoms in total. The highest BCUT2D eigenvalue weighted by atomic mass is 16.2. The number of hydrogen-bond donors (Lipinski definition) is 1. The molecule has 0 saturated carbocycles. The molecule has 106 valence electrons. The van der Waals surface area contributed by atoms with Crippen molar-refractivity contribution in [3.05, 3.63) is 42.5 Å². The fourth-order valence-electron chi connectivity index (χ4n) is 2.46. The van der Waals surface area contributed by atoms with E-state index in [0.717, 1.165) is 23.0 Å². The van der Waals surface area contributed by atoms with E-state index in [1.807, 2.05) is 42.3 Å². The normalized spacial score (nSPS) is 11.2. The Morgan fingerprint density at radius 3 is 2.60 bits per heavy atom. The molecule has 2 aromatic carbocycles. The molecular weight excluding hydrogens is 248 g/mol. The summed E-state index contributed by atoms with van der Waals surface area (Å²) in [5.41, 5.74) is 0.881. The van der Waals surface area contributed by atoms with Crippen LogP contribution >= 0.6 is 0 Å². The van der Waals surface area contributed by atoms with Crippen molar-refractivity contribution in [1.82, 2.24) is 4.90 Å². The number of anilines is 1. The van der Waals surface area contributed by atoms with Gasteiger partial charge in [0.2, 0.25) is 5.91 Å². The van der Waals surface area contributed by atoms with Crippen molar-refractivity contribution in [2.24, 2.45) is 5.92 Å². The molecule has 0 bridgehead atoms. The minimum absolute atomic E-state index is 0.0319. The molecule has 0 aromatic heterocycles.